The van der Waals surface area contributed by atoms with Gasteiger partial charge < -0.3 is 5.32 Å². The summed E-state index contributed by atoms with van der Waals surface area (Å²) in [6.45, 7) is 7.15. The molecule has 0 fully saturated rings. The Kier molecular flexibility index (Phi) is 8.98. The van der Waals surface area contributed by atoms with Crippen molar-refractivity contribution in [2.24, 2.45) is 4.40 Å². The zero-order valence-electron chi connectivity index (χ0n) is 25.4. The van der Waals surface area contributed by atoms with Crippen LogP contribution in [-0.2, 0) is 22.0 Å². The van der Waals surface area contributed by atoms with Crippen LogP contribution in [0.5, 0.6) is 0 Å². The molecule has 1 N–H and O–H groups in total. The van der Waals surface area contributed by atoms with E-state index in [1.54, 1.807) is 56.6 Å². The third kappa shape index (κ3) is 6.50. The zero-order chi connectivity index (χ0) is 33.4. The summed E-state index contributed by atoms with van der Waals surface area (Å²) >= 11 is 0. The van der Waals surface area contributed by atoms with E-state index < -0.39 is 57.1 Å². The van der Waals surface area contributed by atoms with Crippen molar-refractivity contribution < 1.29 is 31.4 Å². The van der Waals surface area contributed by atoms with Gasteiger partial charge in [0.05, 0.1) is 22.2 Å². The molecule has 2 unspecified atom stereocenters. The molecular formula is C33H31F4N5O3S. The Labute approximate surface area is 265 Å². The molecule has 240 valence electrons. The standard InChI is InChI=1S/C33H31F4N5O3S/c1-5-41-30-27(25(19-38-46(45)32(2,3)4)40-42(30)24-12-7-6-8-13-24)26(20-14-16-23(34)17-15-20)28(31(41)44)39-29(43)21-10-9-11-22(18-21)33(35,36)37/h6-19,26,28H,5H2,1-4H3,(H,39,43)/b38-19+/t26?,28?,46-/m0/s1. The van der Waals surface area contributed by atoms with Gasteiger partial charge in [0.1, 0.15) is 34.4 Å². The average molecular weight is 654 g/mol. The molecule has 13 heteroatoms. The molecule has 0 spiro atoms. The fraction of sp³-hybridized carbons (Fsp3) is 0.273. The largest absolute Gasteiger partial charge is 0.416 e. The first kappa shape index (κ1) is 32.7. The van der Waals surface area contributed by atoms with Crippen LogP contribution in [-0.4, -0.2) is 49.4 Å². The van der Waals surface area contributed by atoms with Gasteiger partial charge in [0, 0.05) is 23.6 Å². The highest BCUT2D eigenvalue weighted by molar-refractivity contribution is 7.85. The minimum atomic E-state index is -4.69. The minimum absolute atomic E-state index is 0.140. The lowest BCUT2D eigenvalue weighted by molar-refractivity contribution is -0.137. The lowest BCUT2D eigenvalue weighted by atomic mass is 9.81. The monoisotopic (exact) mass is 653 g/mol. The van der Waals surface area contributed by atoms with Crippen molar-refractivity contribution in [3.63, 3.8) is 0 Å². The summed E-state index contributed by atoms with van der Waals surface area (Å²) in [5.41, 5.74) is 0.399. The minimum Gasteiger partial charge on any atom is -0.339 e. The van der Waals surface area contributed by atoms with Crippen LogP contribution in [0.25, 0.3) is 5.69 Å². The predicted molar refractivity (Wildman–Crippen MR) is 168 cm³/mol. The average Bonchev–Trinajstić information content (AvgIpc) is 3.39. The first-order chi connectivity index (χ1) is 21.7. The number of nitrogens with zero attached hydrogens (tertiary/aromatic N) is 4. The highest BCUT2D eigenvalue weighted by Gasteiger charge is 2.46. The molecule has 1 aliphatic heterocycles. The number of para-hydroxylation sites is 1. The second kappa shape index (κ2) is 12.6. The highest BCUT2D eigenvalue weighted by Crippen LogP contribution is 2.43. The number of nitrogens with one attached hydrogen (secondary N) is 1. The summed E-state index contributed by atoms with van der Waals surface area (Å²) in [6, 6.07) is 16.9. The van der Waals surface area contributed by atoms with Crippen LogP contribution < -0.4 is 10.2 Å². The highest BCUT2D eigenvalue weighted by atomic mass is 32.2. The number of amides is 2. The fourth-order valence-electron chi connectivity index (χ4n) is 5.22. The van der Waals surface area contributed by atoms with E-state index in [2.05, 4.69) is 9.71 Å². The van der Waals surface area contributed by atoms with Crippen molar-refractivity contribution in [3.8, 4) is 5.69 Å². The number of benzene rings is 3. The molecule has 0 radical (unpaired) electrons. The summed E-state index contributed by atoms with van der Waals surface area (Å²) in [5.74, 6) is -2.62. The Bertz CT molecular complexity index is 1820. The maximum Gasteiger partial charge on any atom is 0.416 e. The Hall–Kier alpha value is -4.65. The molecule has 2 amide bonds. The van der Waals surface area contributed by atoms with Gasteiger partial charge in [-0.2, -0.15) is 22.7 Å². The number of halogens is 4. The summed E-state index contributed by atoms with van der Waals surface area (Å²) in [6.07, 6.45) is -3.33. The molecule has 5 rings (SSSR count). The predicted octanol–water partition coefficient (Wildman–Crippen LogP) is 6.21. The number of alkyl halides is 3. The number of aromatic nitrogens is 2. The Balaban J connectivity index is 1.73. The topological polar surface area (TPSA) is 96.7 Å². The summed E-state index contributed by atoms with van der Waals surface area (Å²) in [7, 11) is -1.67. The molecule has 2 heterocycles. The quantitative estimate of drug-likeness (QED) is 0.190. The smallest absolute Gasteiger partial charge is 0.339 e. The lowest BCUT2D eigenvalue weighted by Gasteiger charge is -2.38. The van der Waals surface area contributed by atoms with Gasteiger partial charge in [-0.25, -0.2) is 13.3 Å². The van der Waals surface area contributed by atoms with Gasteiger partial charge in [0.15, 0.2) is 0 Å². The van der Waals surface area contributed by atoms with Crippen molar-refractivity contribution in [2.45, 2.75) is 50.6 Å². The maximum absolute atomic E-state index is 14.3. The fourth-order valence-corrected chi connectivity index (χ4v) is 5.73. The molecule has 8 nitrogen and oxygen atoms in total. The van der Waals surface area contributed by atoms with E-state index in [-0.39, 0.29) is 17.8 Å². The number of hydrogen-bond donors (Lipinski definition) is 1. The van der Waals surface area contributed by atoms with Crippen molar-refractivity contribution in [1.29, 1.82) is 0 Å². The first-order valence-electron chi connectivity index (χ1n) is 14.4. The Morgan fingerprint density at radius 2 is 1.70 bits per heavy atom. The van der Waals surface area contributed by atoms with Crippen LogP contribution >= 0.6 is 0 Å². The van der Waals surface area contributed by atoms with Gasteiger partial charge in [0.25, 0.3) is 11.8 Å². The maximum atomic E-state index is 14.3. The SMILES string of the molecule is CCN1C(=O)C(NC(=O)c2cccc(C(F)(F)F)c2)C(c2ccc(F)cc2)c2c(/C=N/[S@@](=O)C(C)(C)C)nn(-c3ccccc3)c21. The van der Waals surface area contributed by atoms with E-state index in [0.717, 1.165) is 12.1 Å². The zero-order valence-corrected chi connectivity index (χ0v) is 26.2. The first-order valence-corrected chi connectivity index (χ1v) is 15.5. The van der Waals surface area contributed by atoms with Crippen LogP contribution in [0, 0.1) is 5.82 Å². The van der Waals surface area contributed by atoms with Gasteiger partial charge in [-0.15, -0.1) is 0 Å². The number of carbonyl (C=O) groups excluding carboxylic acids is 2. The number of hydrogen-bond acceptors (Lipinski definition) is 4. The van der Waals surface area contributed by atoms with Crippen LogP contribution in [0.3, 0.4) is 0 Å². The van der Waals surface area contributed by atoms with E-state index in [4.69, 9.17) is 5.10 Å². The van der Waals surface area contributed by atoms with Gasteiger partial charge >= 0.3 is 6.18 Å². The Morgan fingerprint density at radius 1 is 1.02 bits per heavy atom. The van der Waals surface area contributed by atoms with Gasteiger partial charge in [0.2, 0.25) is 0 Å². The summed E-state index contributed by atoms with van der Waals surface area (Å²) in [5, 5.41) is 7.44. The molecule has 0 saturated heterocycles. The van der Waals surface area contributed by atoms with Crippen molar-refractivity contribution in [1.82, 2.24) is 15.1 Å². The molecule has 1 aromatic heterocycles. The van der Waals surface area contributed by atoms with Crippen LogP contribution in [0.15, 0.2) is 83.3 Å². The third-order valence-electron chi connectivity index (χ3n) is 7.44. The van der Waals surface area contributed by atoms with E-state index in [0.29, 0.717) is 28.7 Å². The van der Waals surface area contributed by atoms with E-state index >= 15 is 0 Å². The molecule has 1 aliphatic rings. The van der Waals surface area contributed by atoms with Crippen LogP contribution in [0.2, 0.25) is 0 Å². The molecule has 0 bridgehead atoms. The van der Waals surface area contributed by atoms with E-state index in [9.17, 15) is 31.4 Å². The molecule has 0 saturated carbocycles. The normalized spacial score (nSPS) is 17.7. The van der Waals surface area contributed by atoms with Gasteiger partial charge in [-0.3, -0.25) is 14.5 Å². The molecule has 0 aliphatic carbocycles. The molecule has 46 heavy (non-hydrogen) atoms. The molecular weight excluding hydrogens is 622 g/mol. The number of carbonyl (C=O) groups is 2. The number of fused-ring (bicyclic) bond motifs is 1. The summed E-state index contributed by atoms with van der Waals surface area (Å²) < 4.78 is 72.6. The molecule has 4 aromatic rings. The van der Waals surface area contributed by atoms with Gasteiger partial charge in [-0.05, 0) is 75.7 Å². The second-order valence-electron chi connectivity index (χ2n) is 11.6. The lowest BCUT2D eigenvalue weighted by Crippen LogP contribution is -2.55. The number of anilines is 1. The molecule has 3 atom stereocenters. The van der Waals surface area contributed by atoms with Crippen molar-refractivity contribution in [2.75, 3.05) is 11.4 Å². The van der Waals surface area contributed by atoms with Crippen molar-refractivity contribution >= 4 is 34.8 Å². The molecule has 3 aromatic carbocycles. The van der Waals surface area contributed by atoms with Crippen LogP contribution in [0.1, 0.15) is 66.4 Å². The Morgan fingerprint density at radius 3 is 2.30 bits per heavy atom. The van der Waals surface area contributed by atoms with E-state index in [1.807, 2.05) is 6.07 Å². The summed E-state index contributed by atoms with van der Waals surface area (Å²) in [4.78, 5) is 29.2. The van der Waals surface area contributed by atoms with Crippen LogP contribution in [0.4, 0.5) is 23.4 Å². The van der Waals surface area contributed by atoms with Crippen molar-refractivity contribution in [3.05, 3.63) is 113 Å². The number of likely N-dealkylation sites (N-methyl/N-ethyl adjacent to an activating group) is 1. The van der Waals surface area contributed by atoms with E-state index in [1.165, 1.54) is 41.4 Å². The van der Waals surface area contributed by atoms with Gasteiger partial charge in [-0.1, -0.05) is 36.4 Å². The second-order valence-corrected chi connectivity index (χ2v) is 13.5. The number of rotatable bonds is 7. The third-order valence-corrected chi connectivity index (χ3v) is 8.78.